The van der Waals surface area contributed by atoms with E-state index in [2.05, 4.69) is 9.80 Å². The van der Waals surface area contributed by atoms with E-state index in [9.17, 15) is 4.79 Å². The summed E-state index contributed by atoms with van der Waals surface area (Å²) in [5, 5.41) is 0. The van der Waals surface area contributed by atoms with Crippen molar-refractivity contribution in [3.05, 3.63) is 0 Å². The van der Waals surface area contributed by atoms with Gasteiger partial charge in [0.1, 0.15) is 0 Å². The van der Waals surface area contributed by atoms with Gasteiger partial charge in [-0.15, -0.1) is 0 Å². The SMILES string of the molecule is COC1CCN(C2CCN(C(=O)C3CCCC3)CC2)C1. The Balaban J connectivity index is 1.46. The van der Waals surface area contributed by atoms with Gasteiger partial charge in [0, 0.05) is 45.2 Å². The lowest BCUT2D eigenvalue weighted by Gasteiger charge is -2.37. The molecular weight excluding hydrogens is 252 g/mol. The number of nitrogens with zero attached hydrogens (tertiary/aromatic N) is 2. The van der Waals surface area contributed by atoms with E-state index in [1.54, 1.807) is 0 Å². The molecular formula is C16H28N2O2. The van der Waals surface area contributed by atoms with Gasteiger partial charge in [-0.05, 0) is 32.1 Å². The molecule has 3 rings (SSSR count). The van der Waals surface area contributed by atoms with Crippen molar-refractivity contribution in [3.8, 4) is 0 Å². The molecule has 1 atom stereocenters. The number of amides is 1. The fourth-order valence-corrected chi connectivity index (χ4v) is 4.16. The Bertz CT molecular complexity index is 333. The van der Waals surface area contributed by atoms with Crippen LogP contribution in [0.3, 0.4) is 0 Å². The van der Waals surface area contributed by atoms with Crippen molar-refractivity contribution in [2.45, 2.75) is 57.1 Å². The minimum Gasteiger partial charge on any atom is -0.380 e. The molecule has 3 fully saturated rings. The third-order valence-electron chi connectivity index (χ3n) is 5.51. The highest BCUT2D eigenvalue weighted by Crippen LogP contribution is 2.29. The van der Waals surface area contributed by atoms with Gasteiger partial charge in [-0.2, -0.15) is 0 Å². The van der Waals surface area contributed by atoms with Gasteiger partial charge < -0.3 is 9.64 Å². The Morgan fingerprint density at radius 3 is 2.30 bits per heavy atom. The van der Waals surface area contributed by atoms with E-state index in [0.29, 0.717) is 24.0 Å². The first-order valence-corrected chi connectivity index (χ1v) is 8.33. The van der Waals surface area contributed by atoms with Crippen molar-refractivity contribution < 1.29 is 9.53 Å². The van der Waals surface area contributed by atoms with Crippen LogP contribution in [-0.4, -0.2) is 61.1 Å². The van der Waals surface area contributed by atoms with E-state index in [4.69, 9.17) is 4.74 Å². The molecule has 4 nitrogen and oxygen atoms in total. The van der Waals surface area contributed by atoms with Crippen LogP contribution >= 0.6 is 0 Å². The van der Waals surface area contributed by atoms with E-state index < -0.39 is 0 Å². The molecule has 2 aliphatic heterocycles. The van der Waals surface area contributed by atoms with Crippen LogP contribution in [0, 0.1) is 5.92 Å². The molecule has 0 N–H and O–H groups in total. The van der Waals surface area contributed by atoms with Gasteiger partial charge in [0.2, 0.25) is 5.91 Å². The van der Waals surface area contributed by atoms with Gasteiger partial charge in [-0.3, -0.25) is 9.69 Å². The maximum absolute atomic E-state index is 12.4. The zero-order valence-electron chi connectivity index (χ0n) is 12.7. The molecule has 0 spiro atoms. The lowest BCUT2D eigenvalue weighted by Crippen LogP contribution is -2.47. The third kappa shape index (κ3) is 3.01. The molecule has 1 unspecified atom stereocenters. The molecule has 1 saturated carbocycles. The molecule has 0 aromatic heterocycles. The first-order valence-electron chi connectivity index (χ1n) is 8.33. The summed E-state index contributed by atoms with van der Waals surface area (Å²) in [5.41, 5.74) is 0. The number of likely N-dealkylation sites (tertiary alicyclic amines) is 2. The van der Waals surface area contributed by atoms with Gasteiger partial charge >= 0.3 is 0 Å². The number of hydrogen-bond donors (Lipinski definition) is 0. The maximum atomic E-state index is 12.4. The van der Waals surface area contributed by atoms with E-state index in [-0.39, 0.29) is 0 Å². The quantitative estimate of drug-likeness (QED) is 0.791. The fraction of sp³-hybridized carbons (Fsp3) is 0.938. The van der Waals surface area contributed by atoms with Gasteiger partial charge in [0.25, 0.3) is 0 Å². The highest BCUT2D eigenvalue weighted by atomic mass is 16.5. The molecule has 0 radical (unpaired) electrons. The summed E-state index contributed by atoms with van der Waals surface area (Å²) < 4.78 is 5.45. The van der Waals surface area contributed by atoms with Crippen LogP contribution in [0.25, 0.3) is 0 Å². The van der Waals surface area contributed by atoms with E-state index in [1.165, 1.54) is 19.4 Å². The van der Waals surface area contributed by atoms with Crippen molar-refractivity contribution in [1.82, 2.24) is 9.80 Å². The summed E-state index contributed by atoms with van der Waals surface area (Å²) in [4.78, 5) is 17.1. The number of carbonyl (C=O) groups is 1. The number of rotatable bonds is 3. The monoisotopic (exact) mass is 280 g/mol. The summed E-state index contributed by atoms with van der Waals surface area (Å²) in [5.74, 6) is 0.786. The molecule has 2 heterocycles. The normalized spacial score (nSPS) is 30.2. The summed E-state index contributed by atoms with van der Waals surface area (Å²) in [6.45, 7) is 4.18. The Morgan fingerprint density at radius 1 is 1.00 bits per heavy atom. The first-order chi connectivity index (χ1) is 9.78. The van der Waals surface area contributed by atoms with Crippen molar-refractivity contribution in [3.63, 3.8) is 0 Å². The highest BCUT2D eigenvalue weighted by Gasteiger charge is 2.34. The molecule has 1 amide bonds. The van der Waals surface area contributed by atoms with Crippen molar-refractivity contribution >= 4 is 5.91 Å². The Kier molecular flexibility index (Phi) is 4.61. The van der Waals surface area contributed by atoms with Crippen LogP contribution in [0.2, 0.25) is 0 Å². The number of piperidine rings is 1. The van der Waals surface area contributed by atoms with Crippen LogP contribution in [0.1, 0.15) is 44.9 Å². The second kappa shape index (κ2) is 6.44. The third-order valence-corrected chi connectivity index (χ3v) is 5.51. The van der Waals surface area contributed by atoms with Crippen molar-refractivity contribution in [2.75, 3.05) is 33.3 Å². The van der Waals surface area contributed by atoms with E-state index in [1.807, 2.05) is 7.11 Å². The van der Waals surface area contributed by atoms with Crippen LogP contribution in [0.5, 0.6) is 0 Å². The van der Waals surface area contributed by atoms with Crippen molar-refractivity contribution in [1.29, 1.82) is 0 Å². The molecule has 0 aromatic carbocycles. The number of carbonyl (C=O) groups excluding carboxylic acids is 1. The molecule has 2 saturated heterocycles. The van der Waals surface area contributed by atoms with Crippen LogP contribution in [0.4, 0.5) is 0 Å². The first kappa shape index (κ1) is 14.3. The zero-order valence-corrected chi connectivity index (χ0v) is 12.7. The molecule has 20 heavy (non-hydrogen) atoms. The Labute approximate surface area is 122 Å². The van der Waals surface area contributed by atoms with E-state index >= 15 is 0 Å². The largest absolute Gasteiger partial charge is 0.380 e. The Hall–Kier alpha value is -0.610. The molecule has 1 aliphatic carbocycles. The second-order valence-electron chi connectivity index (χ2n) is 6.68. The van der Waals surface area contributed by atoms with Crippen LogP contribution in [0.15, 0.2) is 0 Å². The maximum Gasteiger partial charge on any atom is 0.225 e. The molecule has 114 valence electrons. The smallest absolute Gasteiger partial charge is 0.225 e. The number of ether oxygens (including phenoxy) is 1. The lowest BCUT2D eigenvalue weighted by molar-refractivity contribution is -0.136. The van der Waals surface area contributed by atoms with Crippen LogP contribution in [-0.2, 0) is 9.53 Å². The minimum absolute atomic E-state index is 0.344. The highest BCUT2D eigenvalue weighted by molar-refractivity contribution is 5.79. The predicted octanol–water partition coefficient (Wildman–Crippen LogP) is 1.89. The number of hydrogen-bond acceptors (Lipinski definition) is 3. The van der Waals surface area contributed by atoms with E-state index in [0.717, 1.165) is 51.7 Å². The lowest BCUT2D eigenvalue weighted by atomic mass is 10.0. The number of methoxy groups -OCH3 is 1. The molecule has 4 heteroatoms. The summed E-state index contributed by atoms with van der Waals surface area (Å²) in [6.07, 6.45) is 8.63. The standard InChI is InChI=1S/C16H28N2O2/c1-20-15-8-11-18(12-15)14-6-9-17(10-7-14)16(19)13-4-2-3-5-13/h13-15H,2-12H2,1H3. The second-order valence-corrected chi connectivity index (χ2v) is 6.68. The molecule has 0 bridgehead atoms. The molecule has 0 aromatic rings. The summed E-state index contributed by atoms with van der Waals surface area (Å²) in [7, 11) is 1.82. The average Bonchev–Trinajstić information content (AvgIpc) is 3.18. The Morgan fingerprint density at radius 2 is 1.70 bits per heavy atom. The van der Waals surface area contributed by atoms with Crippen molar-refractivity contribution in [2.24, 2.45) is 5.92 Å². The minimum atomic E-state index is 0.344. The fourth-order valence-electron chi connectivity index (χ4n) is 4.16. The van der Waals surface area contributed by atoms with Gasteiger partial charge in [0.15, 0.2) is 0 Å². The predicted molar refractivity (Wildman–Crippen MR) is 78.5 cm³/mol. The average molecular weight is 280 g/mol. The summed E-state index contributed by atoms with van der Waals surface area (Å²) in [6, 6.07) is 0.669. The van der Waals surface area contributed by atoms with Gasteiger partial charge in [-0.25, -0.2) is 0 Å². The van der Waals surface area contributed by atoms with Crippen LogP contribution < -0.4 is 0 Å². The van der Waals surface area contributed by atoms with Gasteiger partial charge in [-0.1, -0.05) is 12.8 Å². The van der Waals surface area contributed by atoms with Gasteiger partial charge in [0.05, 0.1) is 6.10 Å². The topological polar surface area (TPSA) is 32.8 Å². The molecule has 3 aliphatic rings. The summed E-state index contributed by atoms with van der Waals surface area (Å²) >= 11 is 0. The zero-order chi connectivity index (χ0) is 13.9.